The van der Waals surface area contributed by atoms with Crippen LogP contribution in [0.4, 0.5) is 0 Å². The second-order valence-electron chi connectivity index (χ2n) is 4.97. The molecule has 0 saturated carbocycles. The number of amides is 1. The molecule has 5 heteroatoms. The average Bonchev–Trinajstić information content (AvgIpc) is 2.85. The molecule has 18 heavy (non-hydrogen) atoms. The van der Waals surface area contributed by atoms with Crippen molar-refractivity contribution in [3.05, 3.63) is 0 Å². The summed E-state index contributed by atoms with van der Waals surface area (Å²) in [4.78, 5) is 26.6. The molecular formula is C13H24N2O3. The van der Waals surface area contributed by atoms with Crippen LogP contribution in [-0.4, -0.2) is 59.0 Å². The number of hydrogen-bond donors (Lipinski definition) is 1. The minimum atomic E-state index is -0.940. The van der Waals surface area contributed by atoms with Crippen LogP contribution >= 0.6 is 0 Å². The van der Waals surface area contributed by atoms with Crippen LogP contribution in [0.2, 0.25) is 0 Å². The van der Waals surface area contributed by atoms with Gasteiger partial charge in [0.05, 0.1) is 0 Å². The molecule has 0 radical (unpaired) electrons. The Bertz CT molecular complexity index is 288. The molecule has 1 fully saturated rings. The van der Waals surface area contributed by atoms with E-state index >= 15 is 0 Å². The highest BCUT2D eigenvalue weighted by Crippen LogP contribution is 2.10. The third-order valence-corrected chi connectivity index (χ3v) is 3.59. The van der Waals surface area contributed by atoms with Crippen molar-refractivity contribution in [2.24, 2.45) is 0 Å². The highest BCUT2D eigenvalue weighted by atomic mass is 16.4. The number of nitrogens with zero attached hydrogens (tertiary/aromatic N) is 2. The molecule has 0 aromatic carbocycles. The van der Waals surface area contributed by atoms with Crippen molar-refractivity contribution in [3.63, 3.8) is 0 Å². The fourth-order valence-electron chi connectivity index (χ4n) is 2.26. The van der Waals surface area contributed by atoms with Crippen LogP contribution in [-0.2, 0) is 9.59 Å². The molecule has 1 saturated heterocycles. The van der Waals surface area contributed by atoms with Crippen LogP contribution in [0.15, 0.2) is 0 Å². The first-order chi connectivity index (χ1) is 8.54. The number of carboxylic acid groups (broad SMARTS) is 1. The van der Waals surface area contributed by atoms with Gasteiger partial charge in [-0.3, -0.25) is 9.59 Å². The molecule has 0 aromatic rings. The maximum Gasteiger partial charge on any atom is 0.323 e. The Labute approximate surface area is 109 Å². The van der Waals surface area contributed by atoms with Gasteiger partial charge in [-0.25, -0.2) is 0 Å². The predicted octanol–water partition coefficient (Wildman–Crippen LogP) is 1.18. The molecule has 0 aromatic heterocycles. The first-order valence-electron chi connectivity index (χ1n) is 6.78. The standard InChI is InChI=1S/C13H24N2O3/c1-3-11(2)15(10-13(17)18)12(16)6-9-14-7-4-5-8-14/h11H,3-10H2,1-2H3,(H,17,18). The Hall–Kier alpha value is -1.10. The van der Waals surface area contributed by atoms with Crippen molar-refractivity contribution in [2.45, 2.75) is 45.6 Å². The topological polar surface area (TPSA) is 60.9 Å². The van der Waals surface area contributed by atoms with E-state index < -0.39 is 5.97 Å². The summed E-state index contributed by atoms with van der Waals surface area (Å²) >= 11 is 0. The summed E-state index contributed by atoms with van der Waals surface area (Å²) in [5.74, 6) is -0.983. The Morgan fingerprint density at radius 1 is 1.33 bits per heavy atom. The molecular weight excluding hydrogens is 232 g/mol. The SMILES string of the molecule is CCC(C)N(CC(=O)O)C(=O)CCN1CCCC1. The van der Waals surface area contributed by atoms with Crippen LogP contribution in [0.5, 0.6) is 0 Å². The van der Waals surface area contributed by atoms with E-state index in [1.54, 1.807) is 0 Å². The zero-order valence-electron chi connectivity index (χ0n) is 11.4. The van der Waals surface area contributed by atoms with Crippen molar-refractivity contribution < 1.29 is 14.7 Å². The summed E-state index contributed by atoms with van der Waals surface area (Å²) in [5, 5.41) is 8.85. The van der Waals surface area contributed by atoms with Crippen molar-refractivity contribution in [1.29, 1.82) is 0 Å². The summed E-state index contributed by atoms with van der Waals surface area (Å²) in [7, 11) is 0. The highest BCUT2D eigenvalue weighted by molar-refractivity contribution is 5.81. The third kappa shape index (κ3) is 4.64. The molecule has 1 atom stereocenters. The number of hydrogen-bond acceptors (Lipinski definition) is 3. The Morgan fingerprint density at radius 2 is 1.94 bits per heavy atom. The van der Waals surface area contributed by atoms with E-state index in [4.69, 9.17) is 5.11 Å². The number of likely N-dealkylation sites (tertiary alicyclic amines) is 1. The summed E-state index contributed by atoms with van der Waals surface area (Å²) in [6.07, 6.45) is 3.62. The first-order valence-corrected chi connectivity index (χ1v) is 6.78. The molecule has 104 valence electrons. The fraction of sp³-hybridized carbons (Fsp3) is 0.846. The van der Waals surface area contributed by atoms with Gasteiger partial charge in [0.1, 0.15) is 6.54 Å². The van der Waals surface area contributed by atoms with Gasteiger partial charge in [-0.15, -0.1) is 0 Å². The molecule has 1 unspecified atom stereocenters. The smallest absolute Gasteiger partial charge is 0.323 e. The average molecular weight is 256 g/mol. The zero-order chi connectivity index (χ0) is 13.5. The van der Waals surface area contributed by atoms with Gasteiger partial charge in [-0.2, -0.15) is 0 Å². The van der Waals surface area contributed by atoms with E-state index in [0.717, 1.165) is 26.1 Å². The lowest BCUT2D eigenvalue weighted by molar-refractivity contribution is -0.146. The number of carbonyl (C=O) groups is 2. The van der Waals surface area contributed by atoms with Crippen molar-refractivity contribution in [2.75, 3.05) is 26.2 Å². The van der Waals surface area contributed by atoms with Crippen LogP contribution in [0, 0.1) is 0 Å². The Morgan fingerprint density at radius 3 is 2.44 bits per heavy atom. The van der Waals surface area contributed by atoms with Gasteiger partial charge in [0, 0.05) is 19.0 Å². The van der Waals surface area contributed by atoms with Crippen molar-refractivity contribution >= 4 is 11.9 Å². The lowest BCUT2D eigenvalue weighted by Gasteiger charge is -2.27. The Balaban J connectivity index is 2.44. The molecule has 5 nitrogen and oxygen atoms in total. The highest BCUT2D eigenvalue weighted by Gasteiger charge is 2.22. The lowest BCUT2D eigenvalue weighted by atomic mass is 10.2. The molecule has 0 bridgehead atoms. The summed E-state index contributed by atoms with van der Waals surface area (Å²) in [6.45, 7) is 6.56. The van der Waals surface area contributed by atoms with E-state index in [9.17, 15) is 9.59 Å². The normalized spacial score (nSPS) is 17.7. The van der Waals surface area contributed by atoms with Crippen LogP contribution in [0.1, 0.15) is 39.5 Å². The molecule has 0 aliphatic carbocycles. The van der Waals surface area contributed by atoms with Gasteiger partial charge in [-0.1, -0.05) is 6.92 Å². The quantitative estimate of drug-likeness (QED) is 0.743. The summed E-state index contributed by atoms with van der Waals surface area (Å²) < 4.78 is 0. The summed E-state index contributed by atoms with van der Waals surface area (Å²) in [6, 6.07) is -0.00724. The minimum absolute atomic E-state index is 0.00724. The van der Waals surface area contributed by atoms with E-state index in [2.05, 4.69) is 4.90 Å². The van der Waals surface area contributed by atoms with Crippen molar-refractivity contribution in [3.8, 4) is 0 Å². The number of aliphatic carboxylic acids is 1. The fourth-order valence-corrected chi connectivity index (χ4v) is 2.26. The number of carboxylic acids is 1. The van der Waals surface area contributed by atoms with Gasteiger partial charge in [-0.05, 0) is 39.3 Å². The van der Waals surface area contributed by atoms with E-state index in [-0.39, 0.29) is 18.5 Å². The zero-order valence-corrected chi connectivity index (χ0v) is 11.4. The Kier molecular flexibility index (Phi) is 6.12. The molecule has 1 N–H and O–H groups in total. The lowest BCUT2D eigenvalue weighted by Crippen LogP contribution is -2.42. The second kappa shape index (κ2) is 7.36. The summed E-state index contributed by atoms with van der Waals surface area (Å²) in [5.41, 5.74) is 0. The van der Waals surface area contributed by atoms with Crippen LogP contribution in [0.3, 0.4) is 0 Å². The molecule has 1 heterocycles. The van der Waals surface area contributed by atoms with Crippen LogP contribution in [0.25, 0.3) is 0 Å². The van der Waals surface area contributed by atoms with Gasteiger partial charge in [0.2, 0.25) is 5.91 Å². The molecule has 0 spiro atoms. The van der Waals surface area contributed by atoms with Gasteiger partial charge >= 0.3 is 5.97 Å². The molecule has 1 rings (SSSR count). The number of rotatable bonds is 7. The maximum atomic E-state index is 12.1. The molecule has 1 aliphatic rings. The minimum Gasteiger partial charge on any atom is -0.480 e. The monoisotopic (exact) mass is 256 g/mol. The molecule has 1 aliphatic heterocycles. The van der Waals surface area contributed by atoms with E-state index in [1.807, 2.05) is 13.8 Å². The van der Waals surface area contributed by atoms with Gasteiger partial charge < -0.3 is 14.9 Å². The maximum absolute atomic E-state index is 12.1. The largest absolute Gasteiger partial charge is 0.480 e. The predicted molar refractivity (Wildman–Crippen MR) is 69.4 cm³/mol. The van der Waals surface area contributed by atoms with Crippen LogP contribution < -0.4 is 0 Å². The van der Waals surface area contributed by atoms with E-state index in [0.29, 0.717) is 6.42 Å². The first kappa shape index (κ1) is 15.0. The van der Waals surface area contributed by atoms with Gasteiger partial charge in [0.15, 0.2) is 0 Å². The molecule has 1 amide bonds. The number of carbonyl (C=O) groups excluding carboxylic acids is 1. The van der Waals surface area contributed by atoms with E-state index in [1.165, 1.54) is 17.7 Å². The third-order valence-electron chi connectivity index (χ3n) is 3.59. The van der Waals surface area contributed by atoms with Crippen molar-refractivity contribution in [1.82, 2.24) is 9.80 Å². The second-order valence-corrected chi connectivity index (χ2v) is 4.97. The van der Waals surface area contributed by atoms with Gasteiger partial charge in [0.25, 0.3) is 0 Å².